The molecule has 0 aliphatic heterocycles. The second kappa shape index (κ2) is 6.25. The van der Waals surface area contributed by atoms with Crippen LogP contribution in [-0.2, 0) is 11.3 Å². The third-order valence-electron chi connectivity index (χ3n) is 2.75. The van der Waals surface area contributed by atoms with Crippen LogP contribution < -0.4 is 5.32 Å². The summed E-state index contributed by atoms with van der Waals surface area (Å²) in [6.07, 6.45) is 0. The lowest BCUT2D eigenvalue weighted by molar-refractivity contribution is 0.0601. The minimum atomic E-state index is -0.336. The van der Waals surface area contributed by atoms with E-state index < -0.39 is 0 Å². The van der Waals surface area contributed by atoms with Gasteiger partial charge in [0.25, 0.3) is 0 Å². The van der Waals surface area contributed by atoms with Gasteiger partial charge in [0.05, 0.1) is 12.7 Å². The van der Waals surface area contributed by atoms with Gasteiger partial charge in [-0.25, -0.2) is 4.79 Å². The number of hydrogen-bond donors (Lipinski definition) is 1. The van der Waals surface area contributed by atoms with E-state index in [0.717, 1.165) is 16.3 Å². The lowest BCUT2D eigenvalue weighted by Gasteiger charge is -2.08. The number of anilines is 1. The summed E-state index contributed by atoms with van der Waals surface area (Å²) in [5.74, 6) is -0.336. The minimum absolute atomic E-state index is 0.336. The highest BCUT2D eigenvalue weighted by atomic mass is 35.5. The number of ether oxygens (including phenoxy) is 1. The normalized spacial score (nSPS) is 10.0. The Morgan fingerprint density at radius 3 is 2.47 bits per heavy atom. The third-order valence-corrected chi connectivity index (χ3v) is 3.12. The number of halogens is 1. The van der Waals surface area contributed by atoms with Crippen molar-refractivity contribution in [3.05, 3.63) is 64.7 Å². The molecule has 0 aliphatic carbocycles. The highest BCUT2D eigenvalue weighted by Crippen LogP contribution is 2.17. The van der Waals surface area contributed by atoms with E-state index in [1.807, 2.05) is 36.4 Å². The quantitative estimate of drug-likeness (QED) is 0.864. The molecule has 0 saturated heterocycles. The van der Waals surface area contributed by atoms with Crippen molar-refractivity contribution in [2.45, 2.75) is 6.54 Å². The van der Waals surface area contributed by atoms with Crippen LogP contribution in [-0.4, -0.2) is 13.1 Å². The number of benzene rings is 2. The maximum Gasteiger partial charge on any atom is 0.337 e. The molecule has 0 bridgehead atoms. The topological polar surface area (TPSA) is 38.3 Å². The number of carbonyl (C=O) groups excluding carboxylic acids is 1. The van der Waals surface area contributed by atoms with E-state index in [-0.39, 0.29) is 5.97 Å². The van der Waals surface area contributed by atoms with Gasteiger partial charge in [0, 0.05) is 17.3 Å². The van der Waals surface area contributed by atoms with Crippen LogP contribution in [0, 0.1) is 0 Å². The second-order valence-electron chi connectivity index (χ2n) is 4.01. The maximum absolute atomic E-state index is 11.3. The lowest BCUT2D eigenvalue weighted by atomic mass is 10.2. The van der Waals surface area contributed by atoms with Crippen molar-refractivity contribution in [1.29, 1.82) is 0 Å². The predicted octanol–water partition coefficient (Wildman–Crippen LogP) is 3.74. The molecule has 0 radical (unpaired) electrons. The summed E-state index contributed by atoms with van der Waals surface area (Å²) in [6.45, 7) is 0.636. The number of rotatable bonds is 4. The average Bonchev–Trinajstić information content (AvgIpc) is 2.46. The average molecular weight is 276 g/mol. The van der Waals surface area contributed by atoms with Crippen molar-refractivity contribution in [1.82, 2.24) is 0 Å². The third kappa shape index (κ3) is 3.48. The maximum atomic E-state index is 11.3. The van der Waals surface area contributed by atoms with E-state index in [0.29, 0.717) is 12.1 Å². The van der Waals surface area contributed by atoms with Gasteiger partial charge in [0.15, 0.2) is 0 Å². The van der Waals surface area contributed by atoms with Crippen LogP contribution in [0.1, 0.15) is 15.9 Å². The first-order valence-electron chi connectivity index (χ1n) is 5.86. The lowest BCUT2D eigenvalue weighted by Crippen LogP contribution is -2.03. The molecule has 2 rings (SSSR count). The van der Waals surface area contributed by atoms with Crippen LogP contribution in [0.3, 0.4) is 0 Å². The Kier molecular flexibility index (Phi) is 4.42. The molecule has 0 aliphatic rings. The van der Waals surface area contributed by atoms with Crippen molar-refractivity contribution >= 4 is 23.3 Å². The van der Waals surface area contributed by atoms with E-state index in [1.165, 1.54) is 7.11 Å². The predicted molar refractivity (Wildman–Crippen MR) is 76.6 cm³/mol. The minimum Gasteiger partial charge on any atom is -0.465 e. The van der Waals surface area contributed by atoms with Crippen molar-refractivity contribution in [3.8, 4) is 0 Å². The Morgan fingerprint density at radius 2 is 1.84 bits per heavy atom. The molecule has 1 N–H and O–H groups in total. The first-order chi connectivity index (χ1) is 9.20. The molecule has 3 nitrogen and oxygen atoms in total. The van der Waals surface area contributed by atoms with Gasteiger partial charge in [-0.1, -0.05) is 29.8 Å². The first-order valence-corrected chi connectivity index (χ1v) is 6.24. The Hall–Kier alpha value is -2.00. The van der Waals surface area contributed by atoms with Gasteiger partial charge in [0.1, 0.15) is 0 Å². The molecule has 0 heterocycles. The Labute approximate surface area is 117 Å². The highest BCUT2D eigenvalue weighted by molar-refractivity contribution is 6.31. The summed E-state index contributed by atoms with van der Waals surface area (Å²) >= 11 is 6.07. The summed E-state index contributed by atoms with van der Waals surface area (Å²) in [5.41, 5.74) is 2.49. The fraction of sp³-hybridized carbons (Fsp3) is 0.133. The van der Waals surface area contributed by atoms with Crippen molar-refractivity contribution in [3.63, 3.8) is 0 Å². The number of carbonyl (C=O) groups is 1. The van der Waals surface area contributed by atoms with E-state index in [1.54, 1.807) is 12.1 Å². The molecule has 0 aromatic heterocycles. The summed E-state index contributed by atoms with van der Waals surface area (Å²) in [5, 5.41) is 3.99. The zero-order valence-electron chi connectivity index (χ0n) is 10.5. The molecule has 4 heteroatoms. The Bertz CT molecular complexity index is 567. The molecule has 0 fully saturated rings. The Morgan fingerprint density at radius 1 is 1.16 bits per heavy atom. The van der Waals surface area contributed by atoms with Gasteiger partial charge < -0.3 is 10.1 Å². The van der Waals surface area contributed by atoms with E-state index in [4.69, 9.17) is 11.6 Å². The summed E-state index contributed by atoms with van der Waals surface area (Å²) in [6, 6.07) is 14.8. The van der Waals surface area contributed by atoms with E-state index in [2.05, 4.69) is 10.1 Å². The molecular weight excluding hydrogens is 262 g/mol. The van der Waals surface area contributed by atoms with Crippen molar-refractivity contribution in [2.24, 2.45) is 0 Å². The van der Waals surface area contributed by atoms with Gasteiger partial charge in [-0.05, 0) is 35.9 Å². The van der Waals surface area contributed by atoms with E-state index >= 15 is 0 Å². The molecule has 19 heavy (non-hydrogen) atoms. The fourth-order valence-corrected chi connectivity index (χ4v) is 1.88. The van der Waals surface area contributed by atoms with Gasteiger partial charge >= 0.3 is 5.97 Å². The standard InChI is InChI=1S/C15H14ClNO2/c1-19-15(18)11-6-8-13(9-7-11)17-10-12-4-2-3-5-14(12)16/h2-9,17H,10H2,1H3. The molecule has 98 valence electrons. The molecule has 0 saturated carbocycles. The molecule has 2 aromatic rings. The SMILES string of the molecule is COC(=O)c1ccc(NCc2ccccc2Cl)cc1. The number of nitrogens with one attached hydrogen (secondary N) is 1. The largest absolute Gasteiger partial charge is 0.465 e. The zero-order valence-corrected chi connectivity index (χ0v) is 11.3. The number of esters is 1. The van der Waals surface area contributed by atoms with Crippen LogP contribution in [0.15, 0.2) is 48.5 Å². The van der Waals surface area contributed by atoms with Gasteiger partial charge in [-0.3, -0.25) is 0 Å². The molecule has 0 atom stereocenters. The van der Waals surface area contributed by atoms with Gasteiger partial charge in [0.2, 0.25) is 0 Å². The monoisotopic (exact) mass is 275 g/mol. The molecule has 2 aromatic carbocycles. The molecular formula is C15H14ClNO2. The van der Waals surface area contributed by atoms with Crippen LogP contribution in [0.4, 0.5) is 5.69 Å². The number of hydrogen-bond acceptors (Lipinski definition) is 3. The molecule has 0 amide bonds. The summed E-state index contributed by atoms with van der Waals surface area (Å²) < 4.78 is 4.64. The Balaban J connectivity index is 2.01. The van der Waals surface area contributed by atoms with Crippen LogP contribution >= 0.6 is 11.6 Å². The van der Waals surface area contributed by atoms with Gasteiger partial charge in [-0.15, -0.1) is 0 Å². The zero-order chi connectivity index (χ0) is 13.7. The molecule has 0 spiro atoms. The van der Waals surface area contributed by atoms with E-state index in [9.17, 15) is 4.79 Å². The van der Waals surface area contributed by atoms with Crippen molar-refractivity contribution in [2.75, 3.05) is 12.4 Å². The summed E-state index contributed by atoms with van der Waals surface area (Å²) in [4.78, 5) is 11.3. The second-order valence-corrected chi connectivity index (χ2v) is 4.42. The summed E-state index contributed by atoms with van der Waals surface area (Å²) in [7, 11) is 1.37. The smallest absolute Gasteiger partial charge is 0.337 e. The highest BCUT2D eigenvalue weighted by Gasteiger charge is 2.04. The van der Waals surface area contributed by atoms with Crippen LogP contribution in [0.5, 0.6) is 0 Å². The fourth-order valence-electron chi connectivity index (χ4n) is 1.68. The van der Waals surface area contributed by atoms with Crippen LogP contribution in [0.2, 0.25) is 5.02 Å². The van der Waals surface area contributed by atoms with Crippen molar-refractivity contribution < 1.29 is 9.53 Å². The van der Waals surface area contributed by atoms with Crippen LogP contribution in [0.25, 0.3) is 0 Å². The molecule has 0 unspecified atom stereocenters. The van der Waals surface area contributed by atoms with Gasteiger partial charge in [-0.2, -0.15) is 0 Å². The number of methoxy groups -OCH3 is 1. The first kappa shape index (κ1) is 13.4.